The summed E-state index contributed by atoms with van der Waals surface area (Å²) in [5.74, 6) is -1.90. The van der Waals surface area contributed by atoms with E-state index < -0.39 is 18.6 Å². The lowest BCUT2D eigenvalue weighted by Crippen LogP contribution is -2.45. The largest absolute Gasteiger partial charge is 0.508 e. The number of nitrogens with one attached hydrogen (secondary N) is 1. The molecule has 1 aromatic heterocycles. The van der Waals surface area contributed by atoms with Crippen molar-refractivity contribution >= 4 is 5.91 Å². The number of amides is 1. The van der Waals surface area contributed by atoms with Crippen LogP contribution >= 0.6 is 0 Å². The van der Waals surface area contributed by atoms with Crippen molar-refractivity contribution in [2.24, 2.45) is 0 Å². The van der Waals surface area contributed by atoms with Crippen LogP contribution in [0.1, 0.15) is 48.4 Å². The summed E-state index contributed by atoms with van der Waals surface area (Å²) in [6.45, 7) is 10.0. The molecule has 0 atom stereocenters. The van der Waals surface area contributed by atoms with E-state index in [1.807, 2.05) is 31.3 Å². The molecule has 3 aromatic rings. The molecular weight excluding hydrogens is 513 g/mol. The number of carbonyl (C=O) groups is 1. The normalized spacial score (nSPS) is 15.2. The second kappa shape index (κ2) is 11.6. The Morgan fingerprint density at radius 2 is 1.64 bits per heavy atom. The van der Waals surface area contributed by atoms with Crippen LogP contribution in [0.5, 0.6) is 11.5 Å². The zero-order chi connectivity index (χ0) is 28.3. The highest BCUT2D eigenvalue weighted by atomic mass is 19.4. The van der Waals surface area contributed by atoms with Gasteiger partial charge in [-0.2, -0.15) is 13.2 Å². The number of hydrogen-bond acceptors (Lipinski definition) is 7. The predicted molar refractivity (Wildman–Crippen MR) is 140 cm³/mol. The van der Waals surface area contributed by atoms with Crippen molar-refractivity contribution < 1.29 is 28.2 Å². The fraction of sp³-hybridized carbons (Fsp3) is 0.444. The van der Waals surface area contributed by atoms with E-state index in [2.05, 4.69) is 26.9 Å². The van der Waals surface area contributed by atoms with E-state index in [0.29, 0.717) is 11.3 Å². The molecule has 0 aliphatic carbocycles. The molecule has 12 heteroatoms. The lowest BCUT2D eigenvalue weighted by Gasteiger charge is -2.34. The second-order valence-electron chi connectivity index (χ2n) is 9.94. The quantitative estimate of drug-likeness (QED) is 0.394. The van der Waals surface area contributed by atoms with Crippen LogP contribution in [0.4, 0.5) is 13.2 Å². The summed E-state index contributed by atoms with van der Waals surface area (Å²) >= 11 is 0. The zero-order valence-corrected chi connectivity index (χ0v) is 22.2. The summed E-state index contributed by atoms with van der Waals surface area (Å²) < 4.78 is 39.7. The molecule has 1 aliphatic rings. The van der Waals surface area contributed by atoms with Crippen molar-refractivity contribution in [3.63, 3.8) is 0 Å². The lowest BCUT2D eigenvalue weighted by atomic mass is 9.98. The minimum atomic E-state index is -4.60. The SMILES string of the molecule is CCN1CCN(Cc2ccc(-n3c(C(=O)NCC(F)(F)F)nnc3-c3cc(C(C)C)c(O)cc3O)cc2)CC1. The van der Waals surface area contributed by atoms with Gasteiger partial charge in [0.25, 0.3) is 5.91 Å². The average molecular weight is 547 g/mol. The number of phenolic OH excluding ortho intramolecular Hbond substituents is 2. The average Bonchev–Trinajstić information content (AvgIpc) is 3.32. The maximum Gasteiger partial charge on any atom is 0.405 e. The third kappa shape index (κ3) is 6.69. The van der Waals surface area contributed by atoms with Crippen LogP contribution in [0, 0.1) is 0 Å². The summed E-state index contributed by atoms with van der Waals surface area (Å²) in [4.78, 5) is 17.5. The molecule has 2 heterocycles. The van der Waals surface area contributed by atoms with Crippen molar-refractivity contribution in [1.82, 2.24) is 29.9 Å². The minimum Gasteiger partial charge on any atom is -0.508 e. The van der Waals surface area contributed by atoms with Gasteiger partial charge in [-0.15, -0.1) is 10.2 Å². The minimum absolute atomic E-state index is 0.0509. The molecular formula is C27H33F3N6O3. The number of nitrogens with zero attached hydrogens (tertiary/aromatic N) is 5. The number of rotatable bonds is 8. The van der Waals surface area contributed by atoms with Crippen molar-refractivity contribution in [3.05, 3.63) is 53.3 Å². The number of alkyl halides is 3. The smallest absolute Gasteiger partial charge is 0.405 e. The number of benzene rings is 2. The summed E-state index contributed by atoms with van der Waals surface area (Å²) in [5, 5.41) is 30.7. The van der Waals surface area contributed by atoms with E-state index in [0.717, 1.165) is 44.8 Å². The Labute approximate surface area is 224 Å². The summed E-state index contributed by atoms with van der Waals surface area (Å²) in [6.07, 6.45) is -4.60. The molecule has 0 radical (unpaired) electrons. The third-order valence-electron chi connectivity index (χ3n) is 6.84. The number of phenols is 2. The number of likely N-dealkylation sites (N-methyl/N-ethyl adjacent to an activating group) is 1. The van der Waals surface area contributed by atoms with Gasteiger partial charge in [-0.3, -0.25) is 14.3 Å². The predicted octanol–water partition coefficient (Wildman–Crippen LogP) is 3.90. The van der Waals surface area contributed by atoms with Crippen LogP contribution in [0.2, 0.25) is 0 Å². The standard InChI is InChI=1S/C27H33F3N6O3/c1-4-34-9-11-35(12-10-34)15-18-5-7-19(8-6-18)36-24(21-13-20(17(2)3)22(37)14-23(21)38)32-33-25(36)26(39)31-16-27(28,29)30/h5-8,13-14,17,37-38H,4,9-12,15-16H2,1-3H3,(H,31,39). The van der Waals surface area contributed by atoms with Gasteiger partial charge in [-0.1, -0.05) is 32.9 Å². The van der Waals surface area contributed by atoms with E-state index in [4.69, 9.17) is 0 Å². The molecule has 4 rings (SSSR count). The highest BCUT2D eigenvalue weighted by molar-refractivity contribution is 5.92. The van der Waals surface area contributed by atoms with Crippen molar-refractivity contribution in [2.45, 2.75) is 39.4 Å². The fourth-order valence-electron chi connectivity index (χ4n) is 4.62. The molecule has 0 bridgehead atoms. The molecule has 1 saturated heterocycles. The summed E-state index contributed by atoms with van der Waals surface area (Å²) in [6, 6.07) is 9.97. The van der Waals surface area contributed by atoms with E-state index in [1.165, 1.54) is 16.7 Å². The fourth-order valence-corrected chi connectivity index (χ4v) is 4.62. The molecule has 210 valence electrons. The third-order valence-corrected chi connectivity index (χ3v) is 6.84. The maximum absolute atomic E-state index is 12.8. The molecule has 0 unspecified atom stereocenters. The van der Waals surface area contributed by atoms with Gasteiger partial charge in [0.05, 0.1) is 5.56 Å². The molecule has 2 aromatic carbocycles. The Hall–Kier alpha value is -3.64. The van der Waals surface area contributed by atoms with Gasteiger partial charge in [0.1, 0.15) is 18.0 Å². The number of hydrogen-bond donors (Lipinski definition) is 3. The molecule has 3 N–H and O–H groups in total. The number of carbonyl (C=O) groups excluding carboxylic acids is 1. The number of piperazine rings is 1. The lowest BCUT2D eigenvalue weighted by molar-refractivity contribution is -0.123. The molecule has 1 fully saturated rings. The zero-order valence-electron chi connectivity index (χ0n) is 22.2. The summed E-state index contributed by atoms with van der Waals surface area (Å²) in [5.41, 5.74) is 2.18. The van der Waals surface area contributed by atoms with Crippen LogP contribution < -0.4 is 5.32 Å². The summed E-state index contributed by atoms with van der Waals surface area (Å²) in [7, 11) is 0. The van der Waals surface area contributed by atoms with Crippen LogP contribution in [-0.2, 0) is 6.54 Å². The number of halogens is 3. The van der Waals surface area contributed by atoms with Gasteiger partial charge < -0.3 is 20.4 Å². The molecule has 1 amide bonds. The van der Waals surface area contributed by atoms with Crippen molar-refractivity contribution in [2.75, 3.05) is 39.3 Å². The van der Waals surface area contributed by atoms with E-state index >= 15 is 0 Å². The molecule has 0 spiro atoms. The topological polar surface area (TPSA) is 107 Å². The van der Waals surface area contributed by atoms with E-state index in [9.17, 15) is 28.2 Å². The van der Waals surface area contributed by atoms with Gasteiger partial charge >= 0.3 is 6.18 Å². The van der Waals surface area contributed by atoms with Crippen LogP contribution in [0.3, 0.4) is 0 Å². The molecule has 9 nitrogen and oxygen atoms in total. The highest BCUT2D eigenvalue weighted by Gasteiger charge is 2.30. The highest BCUT2D eigenvalue weighted by Crippen LogP contribution is 2.38. The number of aromatic hydroxyl groups is 2. The number of aromatic nitrogens is 3. The maximum atomic E-state index is 12.8. The van der Waals surface area contributed by atoms with E-state index in [-0.39, 0.29) is 34.6 Å². The van der Waals surface area contributed by atoms with Gasteiger partial charge in [-0.25, -0.2) is 0 Å². The van der Waals surface area contributed by atoms with E-state index in [1.54, 1.807) is 12.1 Å². The molecule has 0 saturated carbocycles. The van der Waals surface area contributed by atoms with Gasteiger partial charge in [0.2, 0.25) is 5.82 Å². The van der Waals surface area contributed by atoms with Crippen LogP contribution in [-0.4, -0.2) is 86.1 Å². The Kier molecular flexibility index (Phi) is 8.45. The molecule has 39 heavy (non-hydrogen) atoms. The van der Waals surface area contributed by atoms with Crippen LogP contribution in [0.25, 0.3) is 17.1 Å². The van der Waals surface area contributed by atoms with Crippen molar-refractivity contribution in [3.8, 4) is 28.6 Å². The van der Waals surface area contributed by atoms with Crippen LogP contribution in [0.15, 0.2) is 36.4 Å². The first-order valence-corrected chi connectivity index (χ1v) is 12.9. The first-order chi connectivity index (χ1) is 18.5. The van der Waals surface area contributed by atoms with Gasteiger partial charge in [0, 0.05) is 44.5 Å². The Balaban J connectivity index is 1.70. The first kappa shape index (κ1) is 28.4. The molecule has 1 aliphatic heterocycles. The Morgan fingerprint density at radius 3 is 2.23 bits per heavy atom. The van der Waals surface area contributed by atoms with Gasteiger partial charge in [-0.05, 0) is 41.8 Å². The monoisotopic (exact) mass is 546 g/mol. The Bertz CT molecular complexity index is 1300. The first-order valence-electron chi connectivity index (χ1n) is 12.9. The van der Waals surface area contributed by atoms with Crippen molar-refractivity contribution in [1.29, 1.82) is 0 Å². The second-order valence-corrected chi connectivity index (χ2v) is 9.94. The van der Waals surface area contributed by atoms with Gasteiger partial charge in [0.15, 0.2) is 5.82 Å². The Morgan fingerprint density at radius 1 is 1.00 bits per heavy atom.